The molecule has 0 fully saturated rings. The highest BCUT2D eigenvalue weighted by Gasteiger charge is 2.32. The molecule has 0 saturated heterocycles. The molecule has 0 N–H and O–H groups in total. The van der Waals surface area contributed by atoms with Crippen LogP contribution < -0.4 is 4.90 Å². The summed E-state index contributed by atoms with van der Waals surface area (Å²) in [6.07, 6.45) is 1.93. The SMILES string of the molecule is C=Cc1ccccc1N(C(C)(C)C)C(C)(C)C. The van der Waals surface area contributed by atoms with E-state index in [1.807, 2.05) is 6.08 Å². The number of benzene rings is 1. The summed E-state index contributed by atoms with van der Waals surface area (Å²) in [5, 5.41) is 0. The molecular weight excluding hydrogens is 206 g/mol. The van der Waals surface area contributed by atoms with Crippen molar-refractivity contribution in [2.45, 2.75) is 52.6 Å². The summed E-state index contributed by atoms with van der Waals surface area (Å²) in [6.45, 7) is 17.4. The van der Waals surface area contributed by atoms with Gasteiger partial charge in [0.1, 0.15) is 0 Å². The number of anilines is 1. The predicted octanol–water partition coefficient (Wildman–Crippen LogP) is 4.73. The first-order valence-electron chi connectivity index (χ1n) is 6.20. The van der Waals surface area contributed by atoms with Crippen molar-refractivity contribution < 1.29 is 0 Å². The minimum Gasteiger partial charge on any atom is -0.361 e. The van der Waals surface area contributed by atoms with E-state index in [2.05, 4.69) is 77.3 Å². The van der Waals surface area contributed by atoms with Gasteiger partial charge in [0.15, 0.2) is 0 Å². The Bertz CT molecular complexity index is 377. The van der Waals surface area contributed by atoms with E-state index in [1.54, 1.807) is 0 Å². The molecule has 1 rings (SSSR count). The Hall–Kier alpha value is -1.24. The number of hydrogen-bond acceptors (Lipinski definition) is 1. The second-order valence-corrected chi connectivity index (χ2v) is 6.44. The minimum absolute atomic E-state index is 0.0807. The molecule has 0 bridgehead atoms. The fourth-order valence-corrected chi connectivity index (χ4v) is 2.59. The Morgan fingerprint density at radius 1 is 0.941 bits per heavy atom. The molecule has 0 saturated carbocycles. The minimum atomic E-state index is 0.0807. The Morgan fingerprint density at radius 3 is 1.82 bits per heavy atom. The number of nitrogens with zero attached hydrogens (tertiary/aromatic N) is 1. The first-order chi connectivity index (χ1) is 7.68. The zero-order chi connectivity index (χ0) is 13.3. The van der Waals surface area contributed by atoms with Gasteiger partial charge in [-0.2, -0.15) is 0 Å². The van der Waals surface area contributed by atoms with E-state index >= 15 is 0 Å². The summed E-state index contributed by atoms with van der Waals surface area (Å²) in [7, 11) is 0. The number of para-hydroxylation sites is 1. The Morgan fingerprint density at radius 2 is 1.41 bits per heavy atom. The van der Waals surface area contributed by atoms with E-state index < -0.39 is 0 Å². The maximum Gasteiger partial charge on any atom is 0.0448 e. The Labute approximate surface area is 106 Å². The van der Waals surface area contributed by atoms with Gasteiger partial charge < -0.3 is 4.90 Å². The highest BCUT2D eigenvalue weighted by atomic mass is 15.2. The summed E-state index contributed by atoms with van der Waals surface area (Å²) >= 11 is 0. The second kappa shape index (κ2) is 4.56. The molecule has 1 aromatic carbocycles. The summed E-state index contributed by atoms with van der Waals surface area (Å²) in [5.74, 6) is 0. The lowest BCUT2D eigenvalue weighted by Crippen LogP contribution is -2.53. The van der Waals surface area contributed by atoms with Crippen molar-refractivity contribution in [1.29, 1.82) is 0 Å². The third kappa shape index (κ3) is 3.12. The van der Waals surface area contributed by atoms with Gasteiger partial charge in [0.05, 0.1) is 0 Å². The molecule has 0 unspecified atom stereocenters. The third-order valence-corrected chi connectivity index (χ3v) is 2.74. The van der Waals surface area contributed by atoms with Crippen molar-refractivity contribution in [1.82, 2.24) is 0 Å². The van der Waals surface area contributed by atoms with Crippen LogP contribution in [0.25, 0.3) is 6.08 Å². The van der Waals surface area contributed by atoms with Crippen LogP contribution in [-0.4, -0.2) is 11.1 Å². The highest BCUT2D eigenvalue weighted by Crippen LogP contribution is 2.34. The average Bonchev–Trinajstić information content (AvgIpc) is 2.14. The van der Waals surface area contributed by atoms with Crippen LogP contribution in [0.1, 0.15) is 47.1 Å². The molecule has 94 valence electrons. The van der Waals surface area contributed by atoms with Gasteiger partial charge in [0.25, 0.3) is 0 Å². The Balaban J connectivity index is 3.38. The molecule has 1 heteroatoms. The normalized spacial score (nSPS) is 12.4. The summed E-state index contributed by atoms with van der Waals surface area (Å²) in [5.41, 5.74) is 2.61. The van der Waals surface area contributed by atoms with Crippen LogP contribution in [0, 0.1) is 0 Å². The van der Waals surface area contributed by atoms with Crippen molar-refractivity contribution in [3.8, 4) is 0 Å². The fourth-order valence-electron chi connectivity index (χ4n) is 2.59. The van der Waals surface area contributed by atoms with E-state index in [4.69, 9.17) is 0 Å². The lowest BCUT2D eigenvalue weighted by atomic mass is 9.93. The van der Waals surface area contributed by atoms with E-state index in [0.29, 0.717) is 0 Å². The molecule has 0 atom stereocenters. The summed E-state index contributed by atoms with van der Waals surface area (Å²) in [6, 6.07) is 8.44. The van der Waals surface area contributed by atoms with Crippen LogP contribution in [0.4, 0.5) is 5.69 Å². The topological polar surface area (TPSA) is 3.24 Å². The molecular formula is C16H25N. The van der Waals surface area contributed by atoms with Crippen LogP contribution in [0.5, 0.6) is 0 Å². The van der Waals surface area contributed by atoms with Crippen molar-refractivity contribution in [3.63, 3.8) is 0 Å². The molecule has 1 aromatic rings. The van der Waals surface area contributed by atoms with Gasteiger partial charge in [0, 0.05) is 16.8 Å². The van der Waals surface area contributed by atoms with Gasteiger partial charge in [-0.25, -0.2) is 0 Å². The fraction of sp³-hybridized carbons (Fsp3) is 0.500. The van der Waals surface area contributed by atoms with Gasteiger partial charge in [-0.1, -0.05) is 30.9 Å². The predicted molar refractivity (Wildman–Crippen MR) is 78.5 cm³/mol. The monoisotopic (exact) mass is 231 g/mol. The maximum absolute atomic E-state index is 3.91. The smallest absolute Gasteiger partial charge is 0.0448 e. The van der Waals surface area contributed by atoms with E-state index in [9.17, 15) is 0 Å². The van der Waals surface area contributed by atoms with Crippen LogP contribution >= 0.6 is 0 Å². The molecule has 0 aliphatic rings. The third-order valence-electron chi connectivity index (χ3n) is 2.74. The summed E-state index contributed by atoms with van der Waals surface area (Å²) in [4.78, 5) is 2.46. The standard InChI is InChI=1S/C16H25N/c1-8-13-11-9-10-12-14(13)17(15(2,3)4)16(5,6)7/h8-12H,1H2,2-7H3. The zero-order valence-corrected chi connectivity index (χ0v) is 12.0. The molecule has 17 heavy (non-hydrogen) atoms. The molecule has 1 nitrogen and oxygen atoms in total. The van der Waals surface area contributed by atoms with Crippen molar-refractivity contribution in [3.05, 3.63) is 36.4 Å². The first kappa shape index (κ1) is 13.8. The van der Waals surface area contributed by atoms with E-state index in [-0.39, 0.29) is 11.1 Å². The molecule has 0 amide bonds. The average molecular weight is 231 g/mol. The summed E-state index contributed by atoms with van der Waals surface area (Å²) < 4.78 is 0. The van der Waals surface area contributed by atoms with Crippen LogP contribution in [0.2, 0.25) is 0 Å². The van der Waals surface area contributed by atoms with Gasteiger partial charge in [0.2, 0.25) is 0 Å². The molecule has 0 aliphatic heterocycles. The van der Waals surface area contributed by atoms with E-state index in [0.717, 1.165) is 0 Å². The van der Waals surface area contributed by atoms with E-state index in [1.165, 1.54) is 11.3 Å². The number of hydrogen-bond donors (Lipinski definition) is 0. The molecule has 0 aliphatic carbocycles. The van der Waals surface area contributed by atoms with Crippen LogP contribution in [0.3, 0.4) is 0 Å². The highest BCUT2D eigenvalue weighted by molar-refractivity contribution is 5.68. The van der Waals surface area contributed by atoms with Gasteiger partial charge in [-0.05, 0) is 53.2 Å². The maximum atomic E-state index is 3.91. The zero-order valence-electron chi connectivity index (χ0n) is 12.0. The van der Waals surface area contributed by atoms with Crippen molar-refractivity contribution in [2.24, 2.45) is 0 Å². The largest absolute Gasteiger partial charge is 0.361 e. The number of rotatable bonds is 2. The molecule has 0 aromatic heterocycles. The van der Waals surface area contributed by atoms with Crippen molar-refractivity contribution in [2.75, 3.05) is 4.90 Å². The first-order valence-corrected chi connectivity index (χ1v) is 6.20. The van der Waals surface area contributed by atoms with Gasteiger partial charge in [-0.15, -0.1) is 0 Å². The molecule has 0 heterocycles. The molecule has 0 radical (unpaired) electrons. The second-order valence-electron chi connectivity index (χ2n) is 6.44. The van der Waals surface area contributed by atoms with Crippen molar-refractivity contribution >= 4 is 11.8 Å². The molecule has 0 spiro atoms. The lowest BCUT2D eigenvalue weighted by molar-refractivity contribution is 0.380. The van der Waals surface area contributed by atoms with Crippen LogP contribution in [-0.2, 0) is 0 Å². The van der Waals surface area contributed by atoms with Gasteiger partial charge >= 0.3 is 0 Å². The quantitative estimate of drug-likeness (QED) is 0.711. The lowest BCUT2D eigenvalue weighted by Gasteiger charge is -2.48. The Kier molecular flexibility index (Phi) is 3.71. The van der Waals surface area contributed by atoms with Gasteiger partial charge in [-0.3, -0.25) is 0 Å². The van der Waals surface area contributed by atoms with Crippen LogP contribution in [0.15, 0.2) is 30.8 Å².